The average Bonchev–Trinajstić information content (AvgIpc) is 3.00. The van der Waals surface area contributed by atoms with Gasteiger partial charge in [0, 0.05) is 11.7 Å². The molecule has 3 heteroatoms. The van der Waals surface area contributed by atoms with Crippen molar-refractivity contribution in [3.63, 3.8) is 0 Å². The van der Waals surface area contributed by atoms with E-state index in [1.807, 2.05) is 24.3 Å². The summed E-state index contributed by atoms with van der Waals surface area (Å²) < 4.78 is 0. The van der Waals surface area contributed by atoms with E-state index in [1.165, 1.54) is 25.7 Å². The minimum absolute atomic E-state index is 0.250. The van der Waals surface area contributed by atoms with Gasteiger partial charge in [-0.25, -0.2) is 0 Å². The Morgan fingerprint density at radius 1 is 1.15 bits per heavy atom. The number of benzene rings is 1. The van der Waals surface area contributed by atoms with Crippen LogP contribution in [0.5, 0.6) is 0 Å². The molecule has 3 aliphatic rings. The molecule has 1 amide bonds. The summed E-state index contributed by atoms with van der Waals surface area (Å²) in [6.45, 7) is 0. The second-order valence-electron chi connectivity index (χ2n) is 6.96. The molecule has 4 rings (SSSR count). The molecule has 3 fully saturated rings. The molecule has 3 nitrogen and oxygen atoms in total. The minimum Gasteiger partial charge on any atom is -0.399 e. The maximum Gasteiger partial charge on any atom is 0.230 e. The Kier molecular flexibility index (Phi) is 2.60. The quantitative estimate of drug-likeness (QED) is 0.830. The van der Waals surface area contributed by atoms with Gasteiger partial charge in [-0.1, -0.05) is 18.6 Å². The standard InChI is InChI=1S/C17H22N2O/c18-14-5-3-13(4-6-14)17(7-8-17)16(20)19-15-10-11-1-2-12(15)9-11/h3-6,11-12,15H,1-2,7-10,18H2,(H,19,20). The second kappa shape index (κ2) is 4.24. The molecular formula is C17H22N2O. The summed E-state index contributed by atoms with van der Waals surface area (Å²) in [5.74, 6) is 1.86. The average molecular weight is 270 g/mol. The Labute approximate surface area is 119 Å². The van der Waals surface area contributed by atoms with E-state index >= 15 is 0 Å². The first kappa shape index (κ1) is 12.2. The van der Waals surface area contributed by atoms with Crippen molar-refractivity contribution >= 4 is 11.6 Å². The lowest BCUT2D eigenvalue weighted by Gasteiger charge is -2.26. The largest absolute Gasteiger partial charge is 0.399 e. The molecule has 2 bridgehead atoms. The molecular weight excluding hydrogens is 248 g/mol. The van der Waals surface area contributed by atoms with Crippen LogP contribution >= 0.6 is 0 Å². The number of nitrogen functional groups attached to an aromatic ring is 1. The molecule has 1 aromatic carbocycles. The van der Waals surface area contributed by atoms with Crippen LogP contribution in [0.3, 0.4) is 0 Å². The SMILES string of the molecule is Nc1ccc(C2(C(=O)NC3CC4CCC3C4)CC2)cc1. The van der Waals surface area contributed by atoms with Crippen molar-refractivity contribution in [2.75, 3.05) is 5.73 Å². The normalized spacial score (nSPS) is 33.1. The van der Waals surface area contributed by atoms with Crippen LogP contribution in [0.25, 0.3) is 0 Å². The summed E-state index contributed by atoms with van der Waals surface area (Å²) in [5.41, 5.74) is 7.38. The van der Waals surface area contributed by atoms with Crippen molar-refractivity contribution in [2.24, 2.45) is 11.8 Å². The Morgan fingerprint density at radius 3 is 2.45 bits per heavy atom. The zero-order valence-corrected chi connectivity index (χ0v) is 11.8. The predicted molar refractivity (Wildman–Crippen MR) is 79.1 cm³/mol. The molecule has 0 saturated heterocycles. The molecule has 0 heterocycles. The molecule has 0 aliphatic heterocycles. The van der Waals surface area contributed by atoms with Gasteiger partial charge in [-0.2, -0.15) is 0 Å². The van der Waals surface area contributed by atoms with E-state index in [9.17, 15) is 4.79 Å². The van der Waals surface area contributed by atoms with Crippen LogP contribution in [-0.2, 0) is 10.2 Å². The van der Waals surface area contributed by atoms with Crippen LogP contribution in [0.4, 0.5) is 5.69 Å². The van der Waals surface area contributed by atoms with Crippen molar-refractivity contribution in [3.8, 4) is 0 Å². The number of nitrogens with two attached hydrogens (primary N) is 1. The number of hydrogen-bond acceptors (Lipinski definition) is 2. The van der Waals surface area contributed by atoms with Crippen molar-refractivity contribution in [3.05, 3.63) is 29.8 Å². The van der Waals surface area contributed by atoms with Crippen LogP contribution in [0.2, 0.25) is 0 Å². The minimum atomic E-state index is -0.254. The van der Waals surface area contributed by atoms with Crippen LogP contribution in [-0.4, -0.2) is 11.9 Å². The van der Waals surface area contributed by atoms with Gasteiger partial charge < -0.3 is 11.1 Å². The fourth-order valence-electron chi connectivity index (χ4n) is 4.30. The predicted octanol–water partition coefficient (Wildman–Crippen LogP) is 2.61. The van der Waals surface area contributed by atoms with E-state index in [1.54, 1.807) is 0 Å². The van der Waals surface area contributed by atoms with Crippen molar-refractivity contribution < 1.29 is 4.79 Å². The highest BCUT2D eigenvalue weighted by Gasteiger charge is 2.52. The van der Waals surface area contributed by atoms with Gasteiger partial charge in [0.15, 0.2) is 0 Å². The first-order valence-corrected chi connectivity index (χ1v) is 7.84. The van der Waals surface area contributed by atoms with E-state index in [0.717, 1.165) is 35.9 Å². The number of anilines is 1. The Balaban J connectivity index is 1.49. The lowest BCUT2D eigenvalue weighted by molar-refractivity contribution is -0.124. The number of carbonyl (C=O) groups is 1. The van der Waals surface area contributed by atoms with Crippen molar-refractivity contribution in [2.45, 2.75) is 50.0 Å². The van der Waals surface area contributed by atoms with Gasteiger partial charge in [-0.3, -0.25) is 4.79 Å². The van der Waals surface area contributed by atoms with Crippen LogP contribution < -0.4 is 11.1 Å². The maximum atomic E-state index is 12.7. The van der Waals surface area contributed by atoms with Gasteiger partial charge in [0.1, 0.15) is 0 Å². The highest BCUT2D eigenvalue weighted by atomic mass is 16.2. The smallest absolute Gasteiger partial charge is 0.230 e. The summed E-state index contributed by atoms with van der Waals surface area (Å²) in [6, 6.07) is 8.28. The molecule has 3 unspecified atom stereocenters. The molecule has 20 heavy (non-hydrogen) atoms. The van der Waals surface area contributed by atoms with E-state index in [4.69, 9.17) is 5.73 Å². The van der Waals surface area contributed by atoms with Gasteiger partial charge in [-0.15, -0.1) is 0 Å². The fraction of sp³-hybridized carbons (Fsp3) is 0.588. The lowest BCUT2D eigenvalue weighted by atomic mass is 9.91. The zero-order valence-electron chi connectivity index (χ0n) is 11.8. The van der Waals surface area contributed by atoms with E-state index in [-0.39, 0.29) is 11.3 Å². The van der Waals surface area contributed by atoms with Gasteiger partial charge >= 0.3 is 0 Å². The Hall–Kier alpha value is -1.51. The molecule has 3 saturated carbocycles. The topological polar surface area (TPSA) is 55.1 Å². The van der Waals surface area contributed by atoms with E-state index in [0.29, 0.717) is 6.04 Å². The Morgan fingerprint density at radius 2 is 1.90 bits per heavy atom. The lowest BCUT2D eigenvalue weighted by Crippen LogP contribution is -2.44. The molecule has 0 spiro atoms. The van der Waals surface area contributed by atoms with Crippen LogP contribution in [0.15, 0.2) is 24.3 Å². The molecule has 106 valence electrons. The first-order chi connectivity index (χ1) is 9.67. The second-order valence-corrected chi connectivity index (χ2v) is 6.96. The highest BCUT2D eigenvalue weighted by molar-refractivity contribution is 5.91. The summed E-state index contributed by atoms with van der Waals surface area (Å²) in [4.78, 5) is 12.7. The number of carbonyl (C=O) groups excluding carboxylic acids is 1. The number of amides is 1. The monoisotopic (exact) mass is 270 g/mol. The number of fused-ring (bicyclic) bond motifs is 2. The molecule has 1 aromatic rings. The summed E-state index contributed by atoms with van der Waals surface area (Å²) in [5, 5.41) is 3.36. The molecule has 0 radical (unpaired) electrons. The maximum absolute atomic E-state index is 12.7. The first-order valence-electron chi connectivity index (χ1n) is 7.84. The van der Waals surface area contributed by atoms with Gasteiger partial charge in [0.2, 0.25) is 5.91 Å². The van der Waals surface area contributed by atoms with Crippen molar-refractivity contribution in [1.82, 2.24) is 5.32 Å². The van der Waals surface area contributed by atoms with E-state index in [2.05, 4.69) is 5.32 Å². The Bertz CT molecular complexity index is 532. The summed E-state index contributed by atoms with van der Waals surface area (Å²) in [6.07, 6.45) is 7.17. The zero-order chi connectivity index (χ0) is 13.7. The summed E-state index contributed by atoms with van der Waals surface area (Å²) in [7, 11) is 0. The van der Waals surface area contributed by atoms with Crippen LogP contribution in [0.1, 0.15) is 44.1 Å². The third-order valence-corrected chi connectivity index (χ3v) is 5.70. The highest BCUT2D eigenvalue weighted by Crippen LogP contribution is 2.50. The molecule has 3 N–H and O–H groups in total. The fourth-order valence-corrected chi connectivity index (χ4v) is 4.30. The van der Waals surface area contributed by atoms with E-state index < -0.39 is 0 Å². The van der Waals surface area contributed by atoms with Gasteiger partial charge in [0.25, 0.3) is 0 Å². The third kappa shape index (κ3) is 1.83. The van der Waals surface area contributed by atoms with Crippen molar-refractivity contribution in [1.29, 1.82) is 0 Å². The molecule has 3 aliphatic carbocycles. The van der Waals surface area contributed by atoms with Gasteiger partial charge in [-0.05, 0) is 61.6 Å². The molecule has 3 atom stereocenters. The third-order valence-electron chi connectivity index (χ3n) is 5.70. The number of rotatable bonds is 3. The molecule has 0 aromatic heterocycles. The number of hydrogen-bond donors (Lipinski definition) is 2. The number of nitrogens with one attached hydrogen (secondary N) is 1. The van der Waals surface area contributed by atoms with Gasteiger partial charge in [0.05, 0.1) is 5.41 Å². The summed E-state index contributed by atoms with van der Waals surface area (Å²) >= 11 is 0. The van der Waals surface area contributed by atoms with Crippen LogP contribution in [0, 0.1) is 11.8 Å².